The Kier molecular flexibility index (Phi) is 1.40. The molecule has 2 aromatic rings. The number of rotatable bonds is 0. The van der Waals surface area contributed by atoms with E-state index in [9.17, 15) is 0 Å². The van der Waals surface area contributed by atoms with E-state index in [4.69, 9.17) is 4.42 Å². The minimum Gasteiger partial charge on any atom is -0.442 e. The number of hydrogen-bond acceptors (Lipinski definition) is 3. The van der Waals surface area contributed by atoms with Gasteiger partial charge >= 0.3 is 0 Å². The normalized spacial score (nSPS) is 16.0. The Morgan fingerprint density at radius 3 is 3.54 bits per heavy atom. The number of furan rings is 1. The summed E-state index contributed by atoms with van der Waals surface area (Å²) in [6.07, 6.45) is 2.67. The Bertz CT molecular complexity index is 447. The Labute approximate surface area is 75.8 Å². The van der Waals surface area contributed by atoms with E-state index in [0.29, 0.717) is 0 Å². The van der Waals surface area contributed by atoms with Crippen LogP contribution in [0.15, 0.2) is 16.7 Å². The third-order valence-corrected chi connectivity index (χ3v) is 2.40. The topological polar surface area (TPSA) is 38.1 Å². The summed E-state index contributed by atoms with van der Waals surface area (Å²) in [6, 6.07) is 4.99. The minimum absolute atomic E-state index is 0.719. The monoisotopic (exact) mass is 173 g/mol. The second-order valence-corrected chi connectivity index (χ2v) is 3.20. The molecular formula is C10H9N2O. The van der Waals surface area contributed by atoms with E-state index in [0.717, 1.165) is 36.4 Å². The summed E-state index contributed by atoms with van der Waals surface area (Å²) in [5, 5.41) is 4.34. The molecule has 0 unspecified atom stereocenters. The Morgan fingerprint density at radius 1 is 1.54 bits per heavy atom. The minimum atomic E-state index is 0.719. The lowest BCUT2D eigenvalue weighted by Crippen LogP contribution is -2.22. The lowest BCUT2D eigenvalue weighted by molar-refractivity contribution is 0.495. The first-order valence-corrected chi connectivity index (χ1v) is 4.43. The maximum absolute atomic E-state index is 5.61. The predicted molar refractivity (Wildman–Crippen MR) is 48.3 cm³/mol. The van der Waals surface area contributed by atoms with Gasteiger partial charge in [0.2, 0.25) is 5.71 Å². The van der Waals surface area contributed by atoms with E-state index in [-0.39, 0.29) is 0 Å². The molecule has 2 aromatic heterocycles. The van der Waals surface area contributed by atoms with Crippen molar-refractivity contribution in [2.45, 2.75) is 13.0 Å². The molecule has 0 saturated heterocycles. The Balaban J connectivity index is 2.34. The van der Waals surface area contributed by atoms with Crippen molar-refractivity contribution in [3.63, 3.8) is 0 Å². The highest BCUT2D eigenvalue weighted by atomic mass is 16.3. The van der Waals surface area contributed by atoms with Gasteiger partial charge in [-0.25, -0.2) is 4.98 Å². The fraction of sp³-hybridized carbons (Fsp3) is 0.300. The van der Waals surface area contributed by atoms with E-state index in [1.165, 1.54) is 5.56 Å². The number of pyridine rings is 1. The fourth-order valence-electron chi connectivity index (χ4n) is 1.77. The average molecular weight is 173 g/mol. The van der Waals surface area contributed by atoms with Gasteiger partial charge in [0.25, 0.3) is 0 Å². The SMILES string of the molecule is [c]1ccnc2oc3c(c12)CNCC3. The average Bonchev–Trinajstić information content (AvgIpc) is 2.56. The molecule has 0 fully saturated rings. The van der Waals surface area contributed by atoms with Crippen molar-refractivity contribution in [1.82, 2.24) is 10.3 Å². The third-order valence-electron chi connectivity index (χ3n) is 2.40. The first kappa shape index (κ1) is 7.09. The van der Waals surface area contributed by atoms with Gasteiger partial charge in [-0.2, -0.15) is 0 Å². The Morgan fingerprint density at radius 2 is 2.54 bits per heavy atom. The molecule has 0 spiro atoms. The summed E-state index contributed by atoms with van der Waals surface area (Å²) in [6.45, 7) is 1.87. The Hall–Kier alpha value is -1.35. The van der Waals surface area contributed by atoms with Gasteiger partial charge in [0.05, 0.1) is 5.39 Å². The standard InChI is InChI=1S/C10H9N2O/c1-2-7-8-6-11-5-3-9(8)13-10(7)12-4-1/h1,4,11H,3,5-6H2. The van der Waals surface area contributed by atoms with Crippen LogP contribution in [0.4, 0.5) is 0 Å². The fourth-order valence-corrected chi connectivity index (χ4v) is 1.77. The smallest absolute Gasteiger partial charge is 0.227 e. The molecule has 0 saturated carbocycles. The summed E-state index contributed by atoms with van der Waals surface area (Å²) >= 11 is 0. The van der Waals surface area contributed by atoms with Gasteiger partial charge in [-0.3, -0.25) is 0 Å². The zero-order valence-corrected chi connectivity index (χ0v) is 7.13. The van der Waals surface area contributed by atoms with Crippen LogP contribution < -0.4 is 5.32 Å². The summed E-state index contributed by atoms with van der Waals surface area (Å²) in [4.78, 5) is 4.16. The van der Waals surface area contributed by atoms with Crippen molar-refractivity contribution in [2.75, 3.05) is 6.54 Å². The van der Waals surface area contributed by atoms with Crippen molar-refractivity contribution in [3.05, 3.63) is 29.7 Å². The zero-order chi connectivity index (χ0) is 8.67. The zero-order valence-electron chi connectivity index (χ0n) is 7.13. The second kappa shape index (κ2) is 2.57. The molecule has 0 aromatic carbocycles. The highest BCUT2D eigenvalue weighted by Crippen LogP contribution is 2.25. The quantitative estimate of drug-likeness (QED) is 0.652. The van der Waals surface area contributed by atoms with E-state index in [2.05, 4.69) is 16.4 Å². The maximum atomic E-state index is 5.61. The lowest BCUT2D eigenvalue weighted by Gasteiger charge is -2.10. The number of hydrogen-bond donors (Lipinski definition) is 1. The molecular weight excluding hydrogens is 164 g/mol. The van der Waals surface area contributed by atoms with Crippen molar-refractivity contribution in [3.8, 4) is 0 Å². The molecule has 65 valence electrons. The van der Waals surface area contributed by atoms with Crippen LogP contribution in [0.2, 0.25) is 0 Å². The second-order valence-electron chi connectivity index (χ2n) is 3.20. The van der Waals surface area contributed by atoms with Crippen LogP contribution in [0, 0.1) is 6.07 Å². The molecule has 3 heteroatoms. The van der Waals surface area contributed by atoms with Crippen LogP contribution in [0.25, 0.3) is 11.1 Å². The van der Waals surface area contributed by atoms with E-state index in [1.807, 2.05) is 6.07 Å². The summed E-state index contributed by atoms with van der Waals surface area (Å²) < 4.78 is 5.61. The number of nitrogens with one attached hydrogen (secondary N) is 1. The first-order valence-electron chi connectivity index (χ1n) is 4.43. The highest BCUT2D eigenvalue weighted by Gasteiger charge is 2.17. The van der Waals surface area contributed by atoms with Crippen LogP contribution in [-0.4, -0.2) is 11.5 Å². The molecule has 0 amide bonds. The van der Waals surface area contributed by atoms with Gasteiger partial charge in [0, 0.05) is 31.3 Å². The lowest BCUT2D eigenvalue weighted by atomic mass is 10.1. The van der Waals surface area contributed by atoms with Gasteiger partial charge in [-0.1, -0.05) is 0 Å². The number of fused-ring (bicyclic) bond motifs is 3. The van der Waals surface area contributed by atoms with Crippen molar-refractivity contribution in [1.29, 1.82) is 0 Å². The molecule has 3 nitrogen and oxygen atoms in total. The molecule has 13 heavy (non-hydrogen) atoms. The third kappa shape index (κ3) is 0.971. The van der Waals surface area contributed by atoms with Crippen LogP contribution >= 0.6 is 0 Å². The van der Waals surface area contributed by atoms with Crippen LogP contribution in [0.5, 0.6) is 0 Å². The summed E-state index contributed by atoms with van der Waals surface area (Å²) in [7, 11) is 0. The van der Waals surface area contributed by atoms with E-state index < -0.39 is 0 Å². The van der Waals surface area contributed by atoms with Crippen molar-refractivity contribution < 1.29 is 4.42 Å². The van der Waals surface area contributed by atoms with Crippen LogP contribution in [-0.2, 0) is 13.0 Å². The molecule has 3 heterocycles. The summed E-state index contributed by atoms with van der Waals surface area (Å²) in [5.74, 6) is 1.07. The number of nitrogens with zero attached hydrogens (tertiary/aromatic N) is 1. The predicted octanol–water partition coefficient (Wildman–Crippen LogP) is 1.27. The van der Waals surface area contributed by atoms with Gasteiger partial charge in [0.15, 0.2) is 0 Å². The summed E-state index contributed by atoms with van der Waals surface area (Å²) in [5.41, 5.74) is 1.95. The molecule has 1 N–H and O–H groups in total. The van der Waals surface area contributed by atoms with E-state index in [1.54, 1.807) is 6.20 Å². The molecule has 3 rings (SSSR count). The number of aromatic nitrogens is 1. The van der Waals surface area contributed by atoms with Crippen LogP contribution in [0.3, 0.4) is 0 Å². The van der Waals surface area contributed by atoms with Gasteiger partial charge < -0.3 is 9.73 Å². The maximum Gasteiger partial charge on any atom is 0.227 e. The van der Waals surface area contributed by atoms with Crippen molar-refractivity contribution in [2.24, 2.45) is 0 Å². The molecule has 1 aliphatic rings. The van der Waals surface area contributed by atoms with Crippen LogP contribution in [0.1, 0.15) is 11.3 Å². The molecule has 0 aliphatic carbocycles. The largest absolute Gasteiger partial charge is 0.442 e. The molecule has 0 bridgehead atoms. The van der Waals surface area contributed by atoms with Gasteiger partial charge in [-0.15, -0.1) is 0 Å². The van der Waals surface area contributed by atoms with E-state index >= 15 is 0 Å². The molecule has 1 radical (unpaired) electrons. The van der Waals surface area contributed by atoms with Crippen molar-refractivity contribution >= 4 is 11.1 Å². The van der Waals surface area contributed by atoms with Gasteiger partial charge in [-0.05, 0) is 12.1 Å². The van der Waals surface area contributed by atoms with Gasteiger partial charge in [0.1, 0.15) is 5.76 Å². The highest BCUT2D eigenvalue weighted by molar-refractivity contribution is 5.78. The molecule has 1 aliphatic heterocycles. The first-order chi connectivity index (χ1) is 6.45. The molecule has 0 atom stereocenters.